The molecule has 0 fully saturated rings. The summed E-state index contributed by atoms with van der Waals surface area (Å²) in [5, 5.41) is 3.75. The van der Waals surface area contributed by atoms with Gasteiger partial charge in [-0.25, -0.2) is 9.78 Å². The van der Waals surface area contributed by atoms with Gasteiger partial charge in [0.1, 0.15) is 0 Å². The Morgan fingerprint density at radius 1 is 1.69 bits per heavy atom. The number of rotatable bonds is 3. The number of urea groups is 1. The lowest BCUT2D eigenvalue weighted by Crippen LogP contribution is -2.35. The van der Waals surface area contributed by atoms with E-state index in [0.29, 0.717) is 6.42 Å². The van der Waals surface area contributed by atoms with Crippen LogP contribution in [0.5, 0.6) is 0 Å². The minimum Gasteiger partial charge on any atom is -0.351 e. The first kappa shape index (κ1) is 9.66. The fourth-order valence-corrected chi connectivity index (χ4v) is 1.28. The maximum atomic E-state index is 10.9. The van der Waals surface area contributed by atoms with Crippen molar-refractivity contribution >= 4 is 23.3 Å². The first-order valence-corrected chi connectivity index (χ1v) is 4.43. The standard InChI is InChI=1S/C7H8N3O2S/c8-7(12)10-6(11)2-1-5-3-13-4-9-5/h2-4H,1H2,(H3,8,10,11,12). The van der Waals surface area contributed by atoms with Gasteiger partial charge in [0, 0.05) is 11.8 Å². The first-order chi connectivity index (χ1) is 6.18. The van der Waals surface area contributed by atoms with Crippen molar-refractivity contribution in [3.05, 3.63) is 23.0 Å². The zero-order valence-electron chi connectivity index (χ0n) is 6.69. The molecule has 1 heterocycles. The van der Waals surface area contributed by atoms with Crippen LogP contribution in [0.1, 0.15) is 5.69 Å². The van der Waals surface area contributed by atoms with Crippen molar-refractivity contribution in [2.75, 3.05) is 0 Å². The molecule has 0 aromatic carbocycles. The molecule has 6 heteroatoms. The molecule has 0 spiro atoms. The van der Waals surface area contributed by atoms with Crippen molar-refractivity contribution in [2.45, 2.75) is 6.42 Å². The van der Waals surface area contributed by atoms with Gasteiger partial charge in [-0.05, 0) is 0 Å². The average molecular weight is 198 g/mol. The number of nitrogens with one attached hydrogen (secondary N) is 1. The second-order valence-electron chi connectivity index (χ2n) is 2.24. The van der Waals surface area contributed by atoms with Crippen LogP contribution >= 0.6 is 11.3 Å². The molecule has 5 nitrogen and oxygen atoms in total. The van der Waals surface area contributed by atoms with E-state index in [4.69, 9.17) is 5.73 Å². The lowest BCUT2D eigenvalue weighted by molar-refractivity contribution is -0.116. The molecule has 0 aliphatic heterocycles. The highest BCUT2D eigenvalue weighted by atomic mass is 32.1. The van der Waals surface area contributed by atoms with Crippen LogP contribution in [0.3, 0.4) is 0 Å². The molecular weight excluding hydrogens is 190 g/mol. The van der Waals surface area contributed by atoms with Gasteiger partial charge in [-0.15, -0.1) is 11.3 Å². The number of hydrogen-bond acceptors (Lipinski definition) is 4. The number of thiazole rings is 1. The first-order valence-electron chi connectivity index (χ1n) is 3.49. The Morgan fingerprint density at radius 3 is 3.00 bits per heavy atom. The Morgan fingerprint density at radius 2 is 2.46 bits per heavy atom. The molecule has 1 aromatic rings. The van der Waals surface area contributed by atoms with Gasteiger partial charge in [0.15, 0.2) is 0 Å². The second kappa shape index (κ2) is 4.56. The number of nitrogens with two attached hydrogens (primary N) is 1. The third kappa shape index (κ3) is 3.66. The number of aromatic nitrogens is 1. The molecule has 0 saturated heterocycles. The van der Waals surface area contributed by atoms with E-state index in [0.717, 1.165) is 5.69 Å². The molecule has 69 valence electrons. The van der Waals surface area contributed by atoms with Crippen LogP contribution in [-0.4, -0.2) is 16.9 Å². The molecule has 13 heavy (non-hydrogen) atoms. The summed E-state index contributed by atoms with van der Waals surface area (Å²) in [6.45, 7) is 0. The van der Waals surface area contributed by atoms with Gasteiger partial charge >= 0.3 is 6.03 Å². The zero-order chi connectivity index (χ0) is 9.68. The second-order valence-corrected chi connectivity index (χ2v) is 2.96. The number of imide groups is 1. The Hall–Kier alpha value is -1.43. The highest BCUT2D eigenvalue weighted by Gasteiger charge is 2.05. The van der Waals surface area contributed by atoms with E-state index in [1.54, 1.807) is 5.51 Å². The molecule has 0 aliphatic rings. The van der Waals surface area contributed by atoms with E-state index in [2.05, 4.69) is 4.98 Å². The lowest BCUT2D eigenvalue weighted by atomic mass is 10.2. The van der Waals surface area contributed by atoms with Crippen molar-refractivity contribution in [3.8, 4) is 0 Å². The summed E-state index contributed by atoms with van der Waals surface area (Å²) in [4.78, 5) is 25.0. The fourth-order valence-electron chi connectivity index (χ4n) is 0.708. The number of hydrogen-bond donors (Lipinski definition) is 2. The predicted molar refractivity (Wildman–Crippen MR) is 47.8 cm³/mol. The number of carbonyl (C=O) groups is 2. The van der Waals surface area contributed by atoms with Crippen molar-refractivity contribution < 1.29 is 9.59 Å². The molecule has 1 rings (SSSR count). The molecule has 1 radical (unpaired) electrons. The monoisotopic (exact) mass is 198 g/mol. The van der Waals surface area contributed by atoms with Crippen LogP contribution in [-0.2, 0) is 11.2 Å². The SMILES string of the molecule is NC(=O)NC(=O)[CH]Cc1cscn1. The smallest absolute Gasteiger partial charge is 0.318 e. The van der Waals surface area contributed by atoms with Gasteiger partial charge in [-0.1, -0.05) is 0 Å². The van der Waals surface area contributed by atoms with Crippen molar-refractivity contribution in [1.29, 1.82) is 0 Å². The minimum atomic E-state index is -0.848. The van der Waals surface area contributed by atoms with E-state index in [-0.39, 0.29) is 0 Å². The Balaban J connectivity index is 2.27. The minimum absolute atomic E-state index is 0.405. The van der Waals surface area contributed by atoms with Gasteiger partial charge in [-0.2, -0.15) is 0 Å². The third-order valence-corrected chi connectivity index (χ3v) is 1.86. The Bertz CT molecular complexity index is 297. The van der Waals surface area contributed by atoms with Crippen LogP contribution in [0.15, 0.2) is 10.9 Å². The molecular formula is C7H8N3O2S. The van der Waals surface area contributed by atoms with Crippen LogP contribution < -0.4 is 11.1 Å². The van der Waals surface area contributed by atoms with Crippen molar-refractivity contribution in [1.82, 2.24) is 10.3 Å². The molecule has 1 aromatic heterocycles. The number of carbonyl (C=O) groups excluding carboxylic acids is 2. The Kier molecular flexibility index (Phi) is 3.39. The predicted octanol–water partition coefficient (Wildman–Crippen LogP) is 0.0848. The maximum Gasteiger partial charge on any atom is 0.318 e. The molecule has 0 saturated carbocycles. The van der Waals surface area contributed by atoms with E-state index in [9.17, 15) is 9.59 Å². The van der Waals surface area contributed by atoms with Gasteiger partial charge in [0.05, 0.1) is 17.6 Å². The van der Waals surface area contributed by atoms with Crippen LogP contribution in [0.4, 0.5) is 4.79 Å². The highest BCUT2D eigenvalue weighted by Crippen LogP contribution is 2.02. The van der Waals surface area contributed by atoms with E-state index < -0.39 is 11.9 Å². The fraction of sp³-hybridized carbons (Fsp3) is 0.143. The van der Waals surface area contributed by atoms with Gasteiger partial charge in [0.25, 0.3) is 0 Å². The van der Waals surface area contributed by atoms with E-state index >= 15 is 0 Å². The van der Waals surface area contributed by atoms with Gasteiger partial charge < -0.3 is 5.73 Å². The van der Waals surface area contributed by atoms with Gasteiger partial charge in [0.2, 0.25) is 5.91 Å². The van der Waals surface area contributed by atoms with Crippen LogP contribution in [0.2, 0.25) is 0 Å². The van der Waals surface area contributed by atoms with Gasteiger partial charge in [-0.3, -0.25) is 10.1 Å². The number of primary amides is 1. The summed E-state index contributed by atoms with van der Waals surface area (Å²) in [5.41, 5.74) is 7.21. The number of amides is 3. The summed E-state index contributed by atoms with van der Waals surface area (Å²) < 4.78 is 0. The summed E-state index contributed by atoms with van der Waals surface area (Å²) in [7, 11) is 0. The van der Waals surface area contributed by atoms with Crippen LogP contribution in [0.25, 0.3) is 0 Å². The lowest BCUT2D eigenvalue weighted by Gasteiger charge is -1.97. The molecule has 3 amide bonds. The van der Waals surface area contributed by atoms with Crippen molar-refractivity contribution in [2.24, 2.45) is 5.73 Å². The largest absolute Gasteiger partial charge is 0.351 e. The zero-order valence-corrected chi connectivity index (χ0v) is 7.50. The van der Waals surface area contributed by atoms with Crippen molar-refractivity contribution in [3.63, 3.8) is 0 Å². The number of nitrogens with zero attached hydrogens (tertiary/aromatic N) is 1. The topological polar surface area (TPSA) is 85.1 Å². The maximum absolute atomic E-state index is 10.9. The summed E-state index contributed by atoms with van der Waals surface area (Å²) >= 11 is 1.45. The highest BCUT2D eigenvalue weighted by molar-refractivity contribution is 7.07. The van der Waals surface area contributed by atoms with E-state index in [1.807, 2.05) is 10.7 Å². The summed E-state index contributed by atoms with van der Waals surface area (Å²) in [6, 6.07) is -0.848. The molecule has 0 aliphatic carbocycles. The molecule has 0 atom stereocenters. The summed E-state index contributed by atoms with van der Waals surface area (Å²) in [5.74, 6) is -0.500. The summed E-state index contributed by atoms with van der Waals surface area (Å²) in [6.07, 6.45) is 1.72. The third-order valence-electron chi connectivity index (χ3n) is 1.23. The average Bonchev–Trinajstić information content (AvgIpc) is 2.51. The normalized spacial score (nSPS) is 9.54. The van der Waals surface area contributed by atoms with E-state index in [1.165, 1.54) is 17.8 Å². The Labute approximate surface area is 79.0 Å². The molecule has 0 bridgehead atoms. The molecule has 3 N–H and O–H groups in total. The van der Waals surface area contributed by atoms with Crippen LogP contribution in [0, 0.1) is 6.42 Å². The molecule has 0 unspecified atom stereocenters. The quantitative estimate of drug-likeness (QED) is 0.721.